The Labute approximate surface area is 104 Å². The van der Waals surface area contributed by atoms with Gasteiger partial charge in [0.25, 0.3) is 0 Å². The first-order valence-electron chi connectivity index (χ1n) is 5.73. The van der Waals surface area contributed by atoms with Crippen molar-refractivity contribution in [1.82, 2.24) is 9.97 Å². The molecule has 0 aliphatic rings. The molecule has 1 N–H and O–H groups in total. The molecule has 0 radical (unpaired) electrons. The summed E-state index contributed by atoms with van der Waals surface area (Å²) < 4.78 is 26.0. The number of nitrogens with zero attached hydrogens (tertiary/aromatic N) is 2. The van der Waals surface area contributed by atoms with Crippen LogP contribution < -0.4 is 5.32 Å². The zero-order chi connectivity index (χ0) is 13.0. The molecule has 0 spiro atoms. The van der Waals surface area contributed by atoms with Gasteiger partial charge in [-0.15, -0.1) is 0 Å². The van der Waals surface area contributed by atoms with Crippen molar-refractivity contribution in [1.29, 1.82) is 0 Å². The lowest BCUT2D eigenvalue weighted by molar-refractivity contribution is 0.509. The Morgan fingerprint density at radius 3 is 2.72 bits per heavy atom. The summed E-state index contributed by atoms with van der Waals surface area (Å²) in [5.41, 5.74) is 1.08. The Hall–Kier alpha value is -2.04. The normalized spacial score (nSPS) is 10.4. The van der Waals surface area contributed by atoms with Crippen molar-refractivity contribution in [2.75, 3.05) is 11.9 Å². The first-order valence-corrected chi connectivity index (χ1v) is 5.73. The largest absolute Gasteiger partial charge is 0.354 e. The number of hydrogen-bond acceptors (Lipinski definition) is 3. The quantitative estimate of drug-likeness (QED) is 0.903. The summed E-state index contributed by atoms with van der Waals surface area (Å²) in [5.74, 6) is -1.26. The van der Waals surface area contributed by atoms with E-state index in [0.717, 1.165) is 25.1 Å². The number of hydrogen-bond donors (Lipinski definition) is 1. The monoisotopic (exact) mass is 249 g/mol. The molecule has 0 atom stereocenters. The maximum atomic E-state index is 13.1. The molecular weight excluding hydrogens is 236 g/mol. The van der Waals surface area contributed by atoms with Crippen LogP contribution in [0.3, 0.4) is 0 Å². The first-order chi connectivity index (χ1) is 8.70. The second-order valence-corrected chi connectivity index (χ2v) is 3.82. The van der Waals surface area contributed by atoms with Crippen molar-refractivity contribution in [2.45, 2.75) is 13.3 Å². The molecule has 3 nitrogen and oxygen atoms in total. The molecule has 1 heterocycles. The van der Waals surface area contributed by atoms with Gasteiger partial charge in [0.2, 0.25) is 5.95 Å². The van der Waals surface area contributed by atoms with E-state index in [2.05, 4.69) is 15.3 Å². The van der Waals surface area contributed by atoms with Crippen LogP contribution in [-0.2, 0) is 0 Å². The van der Waals surface area contributed by atoms with Crippen LogP contribution in [-0.4, -0.2) is 16.5 Å². The average molecular weight is 249 g/mol. The number of aromatic nitrogens is 2. The van der Waals surface area contributed by atoms with Crippen LogP contribution in [0.2, 0.25) is 0 Å². The fourth-order valence-corrected chi connectivity index (χ4v) is 1.50. The van der Waals surface area contributed by atoms with Crippen LogP contribution in [0.5, 0.6) is 0 Å². The molecule has 0 aliphatic heterocycles. The zero-order valence-corrected chi connectivity index (χ0v) is 9.95. The Kier molecular flexibility index (Phi) is 3.82. The maximum Gasteiger partial charge on any atom is 0.223 e. The maximum absolute atomic E-state index is 13.1. The van der Waals surface area contributed by atoms with E-state index in [0.29, 0.717) is 17.2 Å². The summed E-state index contributed by atoms with van der Waals surface area (Å²) in [7, 11) is 0. The van der Waals surface area contributed by atoms with Gasteiger partial charge in [0.15, 0.2) is 11.6 Å². The molecular formula is C13H13F2N3. The zero-order valence-electron chi connectivity index (χ0n) is 9.95. The van der Waals surface area contributed by atoms with Gasteiger partial charge in [-0.3, -0.25) is 0 Å². The Morgan fingerprint density at radius 2 is 2.00 bits per heavy atom. The Bertz CT molecular complexity index is 544. The summed E-state index contributed by atoms with van der Waals surface area (Å²) in [6.07, 6.45) is 2.54. The van der Waals surface area contributed by atoms with Crippen molar-refractivity contribution in [3.63, 3.8) is 0 Å². The topological polar surface area (TPSA) is 37.8 Å². The molecule has 0 aliphatic carbocycles. The van der Waals surface area contributed by atoms with Gasteiger partial charge in [-0.1, -0.05) is 6.92 Å². The van der Waals surface area contributed by atoms with Gasteiger partial charge in [0.05, 0.1) is 5.69 Å². The molecule has 2 rings (SSSR count). The van der Waals surface area contributed by atoms with Crippen molar-refractivity contribution < 1.29 is 8.78 Å². The second-order valence-electron chi connectivity index (χ2n) is 3.82. The molecule has 1 aromatic heterocycles. The van der Waals surface area contributed by atoms with Gasteiger partial charge in [0.1, 0.15) is 0 Å². The third kappa shape index (κ3) is 2.80. The average Bonchev–Trinajstić information content (AvgIpc) is 2.40. The van der Waals surface area contributed by atoms with E-state index >= 15 is 0 Å². The lowest BCUT2D eigenvalue weighted by atomic mass is 10.1. The van der Waals surface area contributed by atoms with E-state index in [1.165, 1.54) is 6.07 Å². The van der Waals surface area contributed by atoms with E-state index < -0.39 is 11.6 Å². The van der Waals surface area contributed by atoms with Crippen LogP contribution in [0.1, 0.15) is 13.3 Å². The first kappa shape index (κ1) is 12.4. The Balaban J connectivity index is 2.29. The molecule has 0 fully saturated rings. The number of halogens is 2. The molecule has 0 saturated heterocycles. The molecule has 0 unspecified atom stereocenters. The predicted molar refractivity (Wildman–Crippen MR) is 66.2 cm³/mol. The molecule has 0 bridgehead atoms. The third-order valence-corrected chi connectivity index (χ3v) is 2.40. The van der Waals surface area contributed by atoms with Crippen LogP contribution in [0.15, 0.2) is 30.5 Å². The van der Waals surface area contributed by atoms with Gasteiger partial charge in [0, 0.05) is 18.3 Å². The molecule has 2 aromatic rings. The van der Waals surface area contributed by atoms with E-state index in [9.17, 15) is 8.78 Å². The van der Waals surface area contributed by atoms with E-state index in [1.54, 1.807) is 12.3 Å². The van der Waals surface area contributed by atoms with E-state index in [-0.39, 0.29) is 0 Å². The predicted octanol–water partition coefficient (Wildman–Crippen LogP) is 3.24. The highest BCUT2D eigenvalue weighted by Crippen LogP contribution is 2.20. The minimum absolute atomic E-state index is 0.485. The lowest BCUT2D eigenvalue weighted by Crippen LogP contribution is -2.04. The summed E-state index contributed by atoms with van der Waals surface area (Å²) in [5, 5.41) is 3.04. The summed E-state index contributed by atoms with van der Waals surface area (Å²) >= 11 is 0. The summed E-state index contributed by atoms with van der Waals surface area (Å²) in [4.78, 5) is 8.29. The number of anilines is 1. The highest BCUT2D eigenvalue weighted by Gasteiger charge is 2.06. The molecule has 0 saturated carbocycles. The SMILES string of the molecule is CCCNc1nccc(-c2ccc(F)c(F)c2)n1. The second kappa shape index (κ2) is 5.53. The van der Waals surface area contributed by atoms with Crippen molar-refractivity contribution in [2.24, 2.45) is 0 Å². The van der Waals surface area contributed by atoms with Crippen LogP contribution >= 0.6 is 0 Å². The minimum Gasteiger partial charge on any atom is -0.354 e. The summed E-state index contributed by atoms with van der Waals surface area (Å²) in [6, 6.07) is 5.36. The van der Waals surface area contributed by atoms with Gasteiger partial charge in [-0.2, -0.15) is 0 Å². The van der Waals surface area contributed by atoms with Gasteiger partial charge in [-0.25, -0.2) is 18.7 Å². The Morgan fingerprint density at radius 1 is 1.17 bits per heavy atom. The molecule has 1 aromatic carbocycles. The summed E-state index contributed by atoms with van der Waals surface area (Å²) in [6.45, 7) is 2.80. The van der Waals surface area contributed by atoms with Crippen molar-refractivity contribution in [3.05, 3.63) is 42.1 Å². The fourth-order valence-electron chi connectivity index (χ4n) is 1.50. The van der Waals surface area contributed by atoms with E-state index in [4.69, 9.17) is 0 Å². The van der Waals surface area contributed by atoms with Crippen LogP contribution in [0.4, 0.5) is 14.7 Å². The van der Waals surface area contributed by atoms with Crippen LogP contribution in [0.25, 0.3) is 11.3 Å². The molecule has 94 valence electrons. The molecule has 5 heteroatoms. The standard InChI is InChI=1S/C13H13F2N3/c1-2-6-16-13-17-7-5-12(18-13)9-3-4-10(14)11(15)8-9/h3-5,7-8H,2,6H2,1H3,(H,16,17,18). The van der Waals surface area contributed by atoms with Crippen molar-refractivity contribution in [3.8, 4) is 11.3 Å². The lowest BCUT2D eigenvalue weighted by Gasteiger charge is -2.05. The van der Waals surface area contributed by atoms with Crippen LogP contribution in [0, 0.1) is 11.6 Å². The minimum atomic E-state index is -0.880. The fraction of sp³-hybridized carbons (Fsp3) is 0.231. The molecule has 18 heavy (non-hydrogen) atoms. The van der Waals surface area contributed by atoms with Gasteiger partial charge >= 0.3 is 0 Å². The smallest absolute Gasteiger partial charge is 0.223 e. The van der Waals surface area contributed by atoms with Gasteiger partial charge in [-0.05, 0) is 30.7 Å². The number of benzene rings is 1. The number of nitrogens with one attached hydrogen (secondary N) is 1. The third-order valence-electron chi connectivity index (χ3n) is 2.40. The number of rotatable bonds is 4. The molecule has 0 amide bonds. The van der Waals surface area contributed by atoms with Crippen molar-refractivity contribution >= 4 is 5.95 Å². The van der Waals surface area contributed by atoms with Gasteiger partial charge < -0.3 is 5.32 Å². The highest BCUT2D eigenvalue weighted by atomic mass is 19.2. The van der Waals surface area contributed by atoms with E-state index in [1.807, 2.05) is 6.92 Å². The highest BCUT2D eigenvalue weighted by molar-refractivity contribution is 5.59.